The van der Waals surface area contributed by atoms with Gasteiger partial charge >= 0.3 is 5.97 Å². The summed E-state index contributed by atoms with van der Waals surface area (Å²) in [5.41, 5.74) is 1.71. The van der Waals surface area contributed by atoms with Crippen molar-refractivity contribution in [1.82, 2.24) is 4.98 Å². The number of para-hydroxylation sites is 1. The van der Waals surface area contributed by atoms with Gasteiger partial charge in [-0.2, -0.15) is 0 Å². The van der Waals surface area contributed by atoms with Gasteiger partial charge in [0.05, 0.1) is 11.2 Å². The highest BCUT2D eigenvalue weighted by atomic mass is 16.4. The maximum Gasteiger partial charge on any atom is 0.339 e. The summed E-state index contributed by atoms with van der Waals surface area (Å²) in [6.07, 6.45) is 3.33. The second kappa shape index (κ2) is 5.69. The van der Waals surface area contributed by atoms with Crippen LogP contribution in [-0.2, 0) is 0 Å². The van der Waals surface area contributed by atoms with Gasteiger partial charge in [0.1, 0.15) is 5.56 Å². The van der Waals surface area contributed by atoms with Crippen molar-refractivity contribution in [1.29, 1.82) is 0 Å². The predicted octanol–water partition coefficient (Wildman–Crippen LogP) is 3.53. The fourth-order valence-corrected chi connectivity index (χ4v) is 2.16. The van der Waals surface area contributed by atoms with E-state index in [4.69, 9.17) is 0 Å². The van der Waals surface area contributed by atoms with Crippen molar-refractivity contribution in [3.05, 3.63) is 36.0 Å². The Morgan fingerprint density at radius 1 is 1.32 bits per heavy atom. The van der Waals surface area contributed by atoms with Crippen molar-refractivity contribution >= 4 is 22.6 Å². The summed E-state index contributed by atoms with van der Waals surface area (Å²) >= 11 is 0. The number of benzene rings is 1. The van der Waals surface area contributed by atoms with E-state index >= 15 is 0 Å². The van der Waals surface area contributed by atoms with Crippen LogP contribution in [0.3, 0.4) is 0 Å². The molecule has 1 aromatic carbocycles. The molecule has 19 heavy (non-hydrogen) atoms. The molecule has 0 aliphatic rings. The number of hydrogen-bond donors (Lipinski definition) is 2. The molecule has 0 unspecified atom stereocenters. The lowest BCUT2D eigenvalue weighted by atomic mass is 10.1. The highest BCUT2D eigenvalue weighted by Gasteiger charge is 2.16. The average molecular weight is 258 g/mol. The zero-order valence-electron chi connectivity index (χ0n) is 11.2. The number of anilines is 1. The average Bonchev–Trinajstić information content (AvgIpc) is 2.44. The summed E-state index contributed by atoms with van der Waals surface area (Å²) in [5.74, 6) is -0.952. The van der Waals surface area contributed by atoms with Crippen LogP contribution in [0.2, 0.25) is 0 Å². The number of carbonyl (C=O) groups is 1. The molecule has 0 bridgehead atoms. The molecule has 4 heteroatoms. The van der Waals surface area contributed by atoms with Crippen LogP contribution in [0.15, 0.2) is 30.5 Å². The Balaban J connectivity index is 2.58. The largest absolute Gasteiger partial charge is 0.478 e. The summed E-state index contributed by atoms with van der Waals surface area (Å²) in [4.78, 5) is 15.5. The molecule has 1 aromatic heterocycles. The molecule has 0 aliphatic heterocycles. The van der Waals surface area contributed by atoms with Crippen molar-refractivity contribution in [3.8, 4) is 0 Å². The van der Waals surface area contributed by atoms with Gasteiger partial charge in [-0.1, -0.05) is 32.0 Å². The highest BCUT2D eigenvalue weighted by molar-refractivity contribution is 6.04. The zero-order chi connectivity index (χ0) is 13.8. The van der Waals surface area contributed by atoms with Gasteiger partial charge < -0.3 is 10.4 Å². The zero-order valence-corrected chi connectivity index (χ0v) is 11.2. The number of rotatable bonds is 5. The van der Waals surface area contributed by atoms with Gasteiger partial charge in [0.2, 0.25) is 0 Å². The Bertz CT molecular complexity index is 592. The molecular formula is C15H18N2O2. The van der Waals surface area contributed by atoms with E-state index in [0.717, 1.165) is 23.7 Å². The van der Waals surface area contributed by atoms with E-state index in [0.29, 0.717) is 5.69 Å². The molecule has 1 heterocycles. The summed E-state index contributed by atoms with van der Waals surface area (Å²) in [7, 11) is 0. The van der Waals surface area contributed by atoms with Gasteiger partial charge in [0, 0.05) is 17.6 Å². The third-order valence-electron chi connectivity index (χ3n) is 3.34. The molecule has 2 N–H and O–H groups in total. The van der Waals surface area contributed by atoms with E-state index in [1.807, 2.05) is 24.3 Å². The van der Waals surface area contributed by atoms with Crippen molar-refractivity contribution in [3.63, 3.8) is 0 Å². The van der Waals surface area contributed by atoms with Crippen molar-refractivity contribution in [2.75, 3.05) is 5.32 Å². The minimum Gasteiger partial charge on any atom is -0.478 e. The van der Waals surface area contributed by atoms with Gasteiger partial charge in [0.25, 0.3) is 0 Å². The first-order valence-electron chi connectivity index (χ1n) is 6.54. The number of carboxylic acids is 1. The number of nitrogens with zero attached hydrogens (tertiary/aromatic N) is 1. The molecule has 2 aromatic rings. The smallest absolute Gasteiger partial charge is 0.339 e. The molecule has 0 fully saturated rings. The number of carboxylic acid groups (broad SMARTS) is 1. The van der Waals surface area contributed by atoms with Crippen LogP contribution in [0.25, 0.3) is 10.9 Å². The number of nitrogens with one attached hydrogen (secondary N) is 1. The molecule has 0 aliphatic carbocycles. The van der Waals surface area contributed by atoms with Crippen LogP contribution in [0.4, 0.5) is 5.69 Å². The monoisotopic (exact) mass is 258 g/mol. The van der Waals surface area contributed by atoms with Gasteiger partial charge in [-0.15, -0.1) is 0 Å². The van der Waals surface area contributed by atoms with Crippen LogP contribution in [0.1, 0.15) is 37.0 Å². The molecule has 0 atom stereocenters. The lowest BCUT2D eigenvalue weighted by molar-refractivity contribution is 0.0697. The van der Waals surface area contributed by atoms with E-state index in [1.165, 1.54) is 6.20 Å². The third-order valence-corrected chi connectivity index (χ3v) is 3.34. The molecule has 0 saturated heterocycles. The molecule has 0 amide bonds. The van der Waals surface area contributed by atoms with E-state index in [9.17, 15) is 9.90 Å². The van der Waals surface area contributed by atoms with Gasteiger partial charge in [0.15, 0.2) is 0 Å². The van der Waals surface area contributed by atoms with Crippen LogP contribution in [0.5, 0.6) is 0 Å². The molecule has 2 rings (SSSR count). The Kier molecular flexibility index (Phi) is 4.00. The van der Waals surface area contributed by atoms with E-state index < -0.39 is 5.97 Å². The van der Waals surface area contributed by atoms with Crippen molar-refractivity contribution in [2.45, 2.75) is 32.7 Å². The molecule has 4 nitrogen and oxygen atoms in total. The first kappa shape index (κ1) is 13.3. The van der Waals surface area contributed by atoms with Crippen molar-refractivity contribution < 1.29 is 9.90 Å². The minimum absolute atomic E-state index is 0.227. The maximum atomic E-state index is 11.3. The summed E-state index contributed by atoms with van der Waals surface area (Å²) < 4.78 is 0. The summed E-state index contributed by atoms with van der Waals surface area (Å²) in [6.45, 7) is 4.18. The Morgan fingerprint density at radius 2 is 2.00 bits per heavy atom. The predicted molar refractivity (Wildman–Crippen MR) is 76.7 cm³/mol. The second-order valence-corrected chi connectivity index (χ2v) is 4.53. The number of aromatic nitrogens is 1. The van der Waals surface area contributed by atoms with E-state index in [2.05, 4.69) is 24.1 Å². The van der Waals surface area contributed by atoms with Crippen LogP contribution in [-0.4, -0.2) is 22.1 Å². The van der Waals surface area contributed by atoms with Crippen LogP contribution in [0, 0.1) is 0 Å². The number of hydrogen-bond acceptors (Lipinski definition) is 3. The van der Waals surface area contributed by atoms with Crippen LogP contribution >= 0.6 is 0 Å². The fraction of sp³-hybridized carbons (Fsp3) is 0.333. The normalized spacial score (nSPS) is 10.9. The standard InChI is InChI=1S/C15H18N2O2/c1-3-10(4-2)17-14-11-7-5-6-8-13(11)16-9-12(14)15(18)19/h5-10H,3-4H2,1-2H3,(H,16,17)(H,18,19). The second-order valence-electron chi connectivity index (χ2n) is 4.53. The summed E-state index contributed by atoms with van der Waals surface area (Å²) in [6, 6.07) is 7.85. The van der Waals surface area contributed by atoms with Crippen molar-refractivity contribution in [2.24, 2.45) is 0 Å². The summed E-state index contributed by atoms with van der Waals surface area (Å²) in [5, 5.41) is 13.5. The van der Waals surface area contributed by atoms with E-state index in [-0.39, 0.29) is 11.6 Å². The highest BCUT2D eigenvalue weighted by Crippen LogP contribution is 2.27. The maximum absolute atomic E-state index is 11.3. The lowest BCUT2D eigenvalue weighted by Gasteiger charge is -2.19. The van der Waals surface area contributed by atoms with Gasteiger partial charge in [-0.25, -0.2) is 4.79 Å². The SMILES string of the molecule is CCC(CC)Nc1c(C(=O)O)cnc2ccccc12. The molecular weight excluding hydrogens is 240 g/mol. The molecule has 100 valence electrons. The van der Waals surface area contributed by atoms with Gasteiger partial charge in [-0.3, -0.25) is 4.98 Å². The molecule has 0 radical (unpaired) electrons. The Hall–Kier alpha value is -2.10. The quantitative estimate of drug-likeness (QED) is 0.861. The number of aromatic carboxylic acids is 1. The molecule has 0 spiro atoms. The number of pyridine rings is 1. The minimum atomic E-state index is -0.952. The number of fused-ring (bicyclic) bond motifs is 1. The third kappa shape index (κ3) is 2.67. The topological polar surface area (TPSA) is 62.2 Å². The lowest BCUT2D eigenvalue weighted by Crippen LogP contribution is -2.19. The fourth-order valence-electron chi connectivity index (χ4n) is 2.16. The molecule has 0 saturated carbocycles. The first-order chi connectivity index (χ1) is 9.17. The van der Waals surface area contributed by atoms with E-state index in [1.54, 1.807) is 0 Å². The first-order valence-corrected chi connectivity index (χ1v) is 6.54. The van der Waals surface area contributed by atoms with Crippen LogP contribution < -0.4 is 5.32 Å². The Labute approximate surface area is 112 Å². The Morgan fingerprint density at radius 3 is 2.63 bits per heavy atom. The van der Waals surface area contributed by atoms with Gasteiger partial charge in [-0.05, 0) is 18.9 Å².